The van der Waals surface area contributed by atoms with Crippen molar-refractivity contribution >= 4 is 55.6 Å². The number of anilines is 3. The first-order valence-corrected chi connectivity index (χ1v) is 19.5. The van der Waals surface area contributed by atoms with Gasteiger partial charge in [-0.1, -0.05) is 153 Å². The summed E-state index contributed by atoms with van der Waals surface area (Å²) in [5, 5.41) is 6.29. The van der Waals surface area contributed by atoms with E-state index in [1.807, 2.05) is 0 Å². The Balaban J connectivity index is 1.11. The summed E-state index contributed by atoms with van der Waals surface area (Å²) in [6.07, 6.45) is 6.77. The molecule has 11 rings (SSSR count). The van der Waals surface area contributed by atoms with Crippen molar-refractivity contribution in [1.82, 2.24) is 4.57 Å². The standard InChI is InChI=1S/C53H40N2/c1-53(2)47-33-37(29-31-39(47)40-32-30-38(34-48(40)53)55-49-27-15-13-21-41(49)42-22-14-16-28-50(42)55)54(36-19-7-4-8-20-36)52-45-25-11-9-23-43(45)51(35-17-5-3-6-18-35)44-24-10-12-26-46(44)52/h3-15,17-27,29-34H,16,28H2,1-2H3. The lowest BCUT2D eigenvalue weighted by molar-refractivity contribution is 0.659. The number of rotatable bonds is 5. The van der Waals surface area contributed by atoms with Crippen LogP contribution < -0.4 is 4.90 Å². The van der Waals surface area contributed by atoms with Gasteiger partial charge in [-0.25, -0.2) is 0 Å². The zero-order valence-electron chi connectivity index (χ0n) is 31.1. The fraction of sp³-hybridized carbons (Fsp3) is 0.0943. The van der Waals surface area contributed by atoms with Gasteiger partial charge in [0.2, 0.25) is 0 Å². The molecule has 55 heavy (non-hydrogen) atoms. The van der Waals surface area contributed by atoms with Gasteiger partial charge in [-0.2, -0.15) is 0 Å². The Morgan fingerprint density at radius 1 is 0.527 bits per heavy atom. The van der Waals surface area contributed by atoms with Crippen LogP contribution in [0.1, 0.15) is 42.7 Å². The molecule has 2 nitrogen and oxygen atoms in total. The van der Waals surface area contributed by atoms with Crippen molar-refractivity contribution in [3.63, 3.8) is 0 Å². The lowest BCUT2D eigenvalue weighted by Gasteiger charge is -2.31. The van der Waals surface area contributed by atoms with Crippen LogP contribution in [0.4, 0.5) is 17.1 Å². The van der Waals surface area contributed by atoms with Crippen molar-refractivity contribution in [3.05, 3.63) is 198 Å². The second kappa shape index (κ2) is 12.2. The molecule has 0 aliphatic heterocycles. The fourth-order valence-corrected chi connectivity index (χ4v) is 9.70. The van der Waals surface area contributed by atoms with Crippen LogP contribution in [-0.2, 0) is 11.8 Å². The molecule has 8 aromatic carbocycles. The molecular weight excluding hydrogens is 665 g/mol. The molecule has 0 spiro atoms. The van der Waals surface area contributed by atoms with Gasteiger partial charge in [0.15, 0.2) is 0 Å². The number of benzene rings is 8. The molecule has 0 radical (unpaired) electrons. The Morgan fingerprint density at radius 3 is 1.82 bits per heavy atom. The average Bonchev–Trinajstić information content (AvgIpc) is 3.69. The summed E-state index contributed by atoms with van der Waals surface area (Å²) in [4.78, 5) is 2.50. The molecule has 0 amide bonds. The van der Waals surface area contributed by atoms with E-state index in [0.29, 0.717) is 0 Å². The van der Waals surface area contributed by atoms with Crippen LogP contribution in [0.15, 0.2) is 176 Å². The molecule has 1 aromatic heterocycles. The topological polar surface area (TPSA) is 8.17 Å². The molecule has 0 bridgehead atoms. The number of para-hydroxylation sites is 2. The first-order chi connectivity index (χ1) is 27.1. The minimum atomic E-state index is -0.205. The van der Waals surface area contributed by atoms with Gasteiger partial charge in [0, 0.05) is 49.9 Å². The van der Waals surface area contributed by atoms with E-state index in [4.69, 9.17) is 0 Å². The van der Waals surface area contributed by atoms with Gasteiger partial charge < -0.3 is 9.47 Å². The van der Waals surface area contributed by atoms with Crippen LogP contribution in [0.25, 0.3) is 66.5 Å². The third kappa shape index (κ3) is 4.74. The molecule has 2 aliphatic carbocycles. The molecule has 2 aliphatic rings. The molecule has 0 saturated carbocycles. The van der Waals surface area contributed by atoms with E-state index in [1.165, 1.54) is 88.5 Å². The highest BCUT2D eigenvalue weighted by atomic mass is 15.1. The predicted octanol–water partition coefficient (Wildman–Crippen LogP) is 14.3. The predicted molar refractivity (Wildman–Crippen MR) is 233 cm³/mol. The summed E-state index contributed by atoms with van der Waals surface area (Å²) in [6.45, 7) is 4.81. The van der Waals surface area contributed by atoms with E-state index in [0.717, 1.165) is 24.2 Å². The Bertz CT molecular complexity index is 2940. The Hall–Kier alpha value is -6.64. The van der Waals surface area contributed by atoms with Crippen LogP contribution in [0, 0.1) is 0 Å². The molecule has 262 valence electrons. The van der Waals surface area contributed by atoms with Crippen LogP contribution in [-0.4, -0.2) is 4.57 Å². The van der Waals surface area contributed by atoms with Crippen LogP contribution in [0.5, 0.6) is 0 Å². The summed E-state index contributed by atoms with van der Waals surface area (Å²) in [7, 11) is 0. The Labute approximate surface area is 322 Å². The minimum absolute atomic E-state index is 0.205. The number of allylic oxidation sites excluding steroid dienone is 1. The van der Waals surface area contributed by atoms with Gasteiger partial charge in [-0.15, -0.1) is 0 Å². The SMILES string of the molecule is CC1(C)c2cc(N(c3ccccc3)c3c4ccccc4c(-c4ccccc4)c4ccccc34)ccc2-c2ccc(-n3c4c(c5ccccc53)C=CCC4)cc21. The highest BCUT2D eigenvalue weighted by Crippen LogP contribution is 2.53. The highest BCUT2D eigenvalue weighted by molar-refractivity contribution is 6.22. The summed E-state index contributed by atoms with van der Waals surface area (Å²) < 4.78 is 2.52. The van der Waals surface area contributed by atoms with Crippen LogP contribution >= 0.6 is 0 Å². The zero-order chi connectivity index (χ0) is 36.7. The second-order valence-electron chi connectivity index (χ2n) is 15.6. The lowest BCUT2D eigenvalue weighted by atomic mass is 9.82. The van der Waals surface area contributed by atoms with Crippen LogP contribution in [0.3, 0.4) is 0 Å². The largest absolute Gasteiger partial charge is 0.313 e. The van der Waals surface area contributed by atoms with E-state index < -0.39 is 0 Å². The number of fused-ring (bicyclic) bond motifs is 8. The maximum absolute atomic E-state index is 2.52. The van der Waals surface area contributed by atoms with E-state index in [9.17, 15) is 0 Å². The van der Waals surface area contributed by atoms with E-state index in [1.54, 1.807) is 0 Å². The molecule has 0 N–H and O–H groups in total. The van der Waals surface area contributed by atoms with Gasteiger partial charge in [-0.3, -0.25) is 0 Å². The zero-order valence-corrected chi connectivity index (χ0v) is 31.1. The van der Waals surface area contributed by atoms with Crippen molar-refractivity contribution in [3.8, 4) is 27.9 Å². The van der Waals surface area contributed by atoms with Gasteiger partial charge in [-0.05, 0) is 99.5 Å². The van der Waals surface area contributed by atoms with E-state index in [-0.39, 0.29) is 5.41 Å². The molecule has 0 unspecified atom stereocenters. The number of nitrogens with zero attached hydrogens (tertiary/aromatic N) is 2. The molecule has 0 fully saturated rings. The van der Waals surface area contributed by atoms with Gasteiger partial charge in [0.1, 0.15) is 0 Å². The summed E-state index contributed by atoms with van der Waals surface area (Å²) in [5.74, 6) is 0. The first kappa shape index (κ1) is 31.8. The second-order valence-corrected chi connectivity index (χ2v) is 15.6. The molecule has 0 saturated heterocycles. The number of hydrogen-bond donors (Lipinski definition) is 0. The normalized spacial score (nSPS) is 13.9. The lowest BCUT2D eigenvalue weighted by Crippen LogP contribution is -2.17. The third-order valence-corrected chi connectivity index (χ3v) is 12.2. The molecular formula is C53H40N2. The third-order valence-electron chi connectivity index (χ3n) is 12.2. The van der Waals surface area contributed by atoms with Crippen molar-refractivity contribution in [2.45, 2.75) is 32.1 Å². The first-order valence-electron chi connectivity index (χ1n) is 19.5. The fourth-order valence-electron chi connectivity index (χ4n) is 9.70. The molecule has 9 aromatic rings. The maximum atomic E-state index is 2.52. The summed E-state index contributed by atoms with van der Waals surface area (Å²) >= 11 is 0. The van der Waals surface area contributed by atoms with Crippen LogP contribution in [0.2, 0.25) is 0 Å². The van der Waals surface area contributed by atoms with Gasteiger partial charge in [0.25, 0.3) is 0 Å². The maximum Gasteiger partial charge on any atom is 0.0618 e. The van der Waals surface area contributed by atoms with E-state index >= 15 is 0 Å². The number of aromatic nitrogens is 1. The molecule has 2 heteroatoms. The van der Waals surface area contributed by atoms with E-state index in [2.05, 4.69) is 205 Å². The van der Waals surface area contributed by atoms with Gasteiger partial charge in [0.05, 0.1) is 11.2 Å². The quantitative estimate of drug-likeness (QED) is 0.162. The smallest absolute Gasteiger partial charge is 0.0618 e. The Kier molecular flexibility index (Phi) is 7.06. The monoisotopic (exact) mass is 704 g/mol. The number of hydrogen-bond acceptors (Lipinski definition) is 1. The minimum Gasteiger partial charge on any atom is -0.313 e. The molecule has 0 atom stereocenters. The van der Waals surface area contributed by atoms with Gasteiger partial charge >= 0.3 is 0 Å². The highest BCUT2D eigenvalue weighted by Gasteiger charge is 2.37. The average molecular weight is 705 g/mol. The van der Waals surface area contributed by atoms with Crippen molar-refractivity contribution in [2.24, 2.45) is 0 Å². The van der Waals surface area contributed by atoms with Crippen molar-refractivity contribution in [2.75, 3.05) is 4.90 Å². The van der Waals surface area contributed by atoms with Crippen molar-refractivity contribution < 1.29 is 0 Å². The van der Waals surface area contributed by atoms with Crippen molar-refractivity contribution in [1.29, 1.82) is 0 Å². The Morgan fingerprint density at radius 2 is 1.11 bits per heavy atom. The molecule has 1 heterocycles. The summed E-state index contributed by atoms with van der Waals surface area (Å²) in [6, 6.07) is 62.9. The summed E-state index contributed by atoms with van der Waals surface area (Å²) in [5.41, 5.74) is 16.5.